The molecular weight excluding hydrogens is 291 g/mol. The van der Waals surface area contributed by atoms with Crippen LogP contribution in [0.2, 0.25) is 0 Å². The highest BCUT2D eigenvalue weighted by molar-refractivity contribution is 5.93. The van der Waals surface area contributed by atoms with Gasteiger partial charge in [0.25, 0.3) is 5.91 Å². The Balaban J connectivity index is 1.78. The summed E-state index contributed by atoms with van der Waals surface area (Å²) >= 11 is 0. The van der Waals surface area contributed by atoms with Gasteiger partial charge in [-0.15, -0.1) is 0 Å². The van der Waals surface area contributed by atoms with E-state index in [9.17, 15) is 14.0 Å². The maximum Gasteiger partial charge on any atom is 0.320 e. The molecule has 116 valence electrons. The Morgan fingerprint density at radius 2 is 2.27 bits per heavy atom. The lowest BCUT2D eigenvalue weighted by molar-refractivity contribution is -0.139. The number of fused-ring (bicyclic) bond motifs is 1. The molecule has 0 radical (unpaired) electrons. The van der Waals surface area contributed by atoms with Crippen LogP contribution in [-0.2, 0) is 4.79 Å². The lowest BCUT2D eigenvalue weighted by atomic mass is 10.1. The fraction of sp³-hybridized carbons (Fsp3) is 0.357. The summed E-state index contributed by atoms with van der Waals surface area (Å²) in [5.41, 5.74) is 0.908. The molecule has 1 fully saturated rings. The van der Waals surface area contributed by atoms with E-state index in [1.807, 2.05) is 6.92 Å². The molecule has 1 saturated heterocycles. The first-order chi connectivity index (χ1) is 10.5. The number of aliphatic carboxylic acids is 1. The summed E-state index contributed by atoms with van der Waals surface area (Å²) in [6, 6.07) is 2.35. The lowest BCUT2D eigenvalue weighted by Crippen LogP contribution is -2.36. The van der Waals surface area contributed by atoms with Crippen LogP contribution in [0.1, 0.15) is 22.5 Å². The number of halogens is 1. The maximum absolute atomic E-state index is 14.3. The number of pyridine rings is 1. The fourth-order valence-corrected chi connectivity index (χ4v) is 2.55. The smallest absolute Gasteiger partial charge is 0.320 e. The van der Waals surface area contributed by atoms with Crippen molar-refractivity contribution in [1.82, 2.24) is 20.0 Å². The van der Waals surface area contributed by atoms with E-state index in [0.29, 0.717) is 12.2 Å². The molecule has 7 nitrogen and oxygen atoms in total. The molecule has 0 unspecified atom stereocenters. The van der Waals surface area contributed by atoms with Gasteiger partial charge in [-0.05, 0) is 25.0 Å². The number of carbonyl (C=O) groups is 2. The molecule has 3 N–H and O–H groups in total. The zero-order chi connectivity index (χ0) is 15.9. The Morgan fingerprint density at radius 3 is 2.95 bits per heavy atom. The van der Waals surface area contributed by atoms with Crippen molar-refractivity contribution in [2.75, 3.05) is 6.54 Å². The molecule has 2 aromatic heterocycles. The Kier molecular flexibility index (Phi) is 3.53. The van der Waals surface area contributed by atoms with Crippen molar-refractivity contribution >= 4 is 17.5 Å². The largest absolute Gasteiger partial charge is 0.480 e. The normalized spacial score (nSPS) is 21.2. The van der Waals surface area contributed by atoms with Crippen LogP contribution in [0.4, 0.5) is 4.39 Å². The predicted molar refractivity (Wildman–Crippen MR) is 75.2 cm³/mol. The average Bonchev–Trinajstić information content (AvgIpc) is 3.05. The zero-order valence-electron chi connectivity index (χ0n) is 11.8. The minimum Gasteiger partial charge on any atom is -0.480 e. The Hall–Kier alpha value is -2.48. The molecule has 22 heavy (non-hydrogen) atoms. The highest BCUT2D eigenvalue weighted by atomic mass is 19.1. The second kappa shape index (κ2) is 5.38. The molecule has 0 aromatic carbocycles. The number of carboxylic acids is 1. The number of aryl methyl sites for hydroxylation is 1. The number of aromatic nitrogens is 2. The molecule has 3 heterocycles. The highest BCUT2D eigenvalue weighted by Gasteiger charge is 2.31. The summed E-state index contributed by atoms with van der Waals surface area (Å²) in [5.74, 6) is -2.33. The van der Waals surface area contributed by atoms with Crippen molar-refractivity contribution in [2.45, 2.75) is 25.4 Å². The third kappa shape index (κ3) is 2.52. The number of carbonyl (C=O) groups excluding carboxylic acids is 1. The van der Waals surface area contributed by atoms with Crippen molar-refractivity contribution in [3.05, 3.63) is 35.5 Å². The molecular formula is C14H15FN4O3. The molecule has 8 heteroatoms. The quantitative estimate of drug-likeness (QED) is 0.759. The van der Waals surface area contributed by atoms with Crippen LogP contribution >= 0.6 is 0 Å². The summed E-state index contributed by atoms with van der Waals surface area (Å²) < 4.78 is 15.5. The SMILES string of the molecule is Cc1ccc2nc(C(=O)N[C@@H]3CN[C@H](C(=O)O)C3)c(F)n2c1. The van der Waals surface area contributed by atoms with Gasteiger partial charge in [-0.25, -0.2) is 4.98 Å². The van der Waals surface area contributed by atoms with Gasteiger partial charge in [0.15, 0.2) is 5.69 Å². The summed E-state index contributed by atoms with van der Waals surface area (Å²) in [4.78, 5) is 27.0. The Labute approximate surface area is 125 Å². The van der Waals surface area contributed by atoms with Crippen molar-refractivity contribution in [3.63, 3.8) is 0 Å². The van der Waals surface area contributed by atoms with Crippen molar-refractivity contribution in [1.29, 1.82) is 0 Å². The molecule has 1 aliphatic heterocycles. The molecule has 0 spiro atoms. The van der Waals surface area contributed by atoms with Gasteiger partial charge >= 0.3 is 5.97 Å². The average molecular weight is 306 g/mol. The third-order valence-electron chi connectivity index (χ3n) is 3.69. The first-order valence-corrected chi connectivity index (χ1v) is 6.87. The van der Waals surface area contributed by atoms with Gasteiger partial charge in [-0.1, -0.05) is 6.07 Å². The molecule has 1 amide bonds. The Morgan fingerprint density at radius 1 is 1.50 bits per heavy atom. The number of amides is 1. The van der Waals surface area contributed by atoms with E-state index in [-0.39, 0.29) is 18.2 Å². The molecule has 0 aliphatic carbocycles. The number of nitrogens with one attached hydrogen (secondary N) is 2. The van der Waals surface area contributed by atoms with Crippen LogP contribution in [0, 0.1) is 12.9 Å². The minimum atomic E-state index is -0.967. The van der Waals surface area contributed by atoms with E-state index in [1.54, 1.807) is 18.3 Å². The number of rotatable bonds is 3. The molecule has 1 aliphatic rings. The van der Waals surface area contributed by atoms with Gasteiger partial charge < -0.3 is 15.7 Å². The number of hydrogen-bond acceptors (Lipinski definition) is 4. The summed E-state index contributed by atoms with van der Waals surface area (Å²) in [5, 5.41) is 14.3. The fourth-order valence-electron chi connectivity index (χ4n) is 2.55. The number of hydrogen-bond donors (Lipinski definition) is 3. The third-order valence-corrected chi connectivity index (χ3v) is 3.69. The highest BCUT2D eigenvalue weighted by Crippen LogP contribution is 2.14. The van der Waals surface area contributed by atoms with Gasteiger partial charge in [0, 0.05) is 18.8 Å². The first kappa shape index (κ1) is 14.5. The summed E-state index contributed by atoms with van der Waals surface area (Å²) in [6.07, 6.45) is 1.82. The summed E-state index contributed by atoms with van der Waals surface area (Å²) in [6.45, 7) is 2.14. The molecule has 3 rings (SSSR count). The standard InChI is InChI=1S/C14H15FN4O3/c1-7-2-3-10-18-11(12(15)19(10)6-7)13(20)17-8-4-9(14(21)22)16-5-8/h2-3,6,8-9,16H,4-5H2,1H3,(H,17,20)(H,21,22)/t8-,9-/m0/s1. The van der Waals surface area contributed by atoms with E-state index >= 15 is 0 Å². The van der Waals surface area contributed by atoms with Crippen molar-refractivity contribution < 1.29 is 19.1 Å². The van der Waals surface area contributed by atoms with Crippen molar-refractivity contribution in [2.24, 2.45) is 0 Å². The van der Waals surface area contributed by atoms with Crippen LogP contribution in [-0.4, -0.2) is 45.0 Å². The lowest BCUT2D eigenvalue weighted by Gasteiger charge is -2.09. The predicted octanol–water partition coefficient (Wildman–Crippen LogP) is 0.327. The van der Waals surface area contributed by atoms with Gasteiger partial charge in [0.05, 0.1) is 0 Å². The van der Waals surface area contributed by atoms with Crippen LogP contribution in [0.15, 0.2) is 18.3 Å². The topological polar surface area (TPSA) is 95.7 Å². The van der Waals surface area contributed by atoms with E-state index in [2.05, 4.69) is 15.6 Å². The Bertz CT molecular complexity index is 758. The van der Waals surface area contributed by atoms with Gasteiger partial charge in [-0.3, -0.25) is 14.0 Å². The molecule has 0 saturated carbocycles. The van der Waals surface area contributed by atoms with Crippen molar-refractivity contribution in [3.8, 4) is 0 Å². The van der Waals surface area contributed by atoms with E-state index in [0.717, 1.165) is 5.56 Å². The van der Waals surface area contributed by atoms with Crippen LogP contribution in [0.3, 0.4) is 0 Å². The number of carboxylic acid groups (broad SMARTS) is 1. The van der Waals surface area contributed by atoms with Crippen LogP contribution < -0.4 is 10.6 Å². The maximum atomic E-state index is 14.3. The minimum absolute atomic E-state index is 0.259. The second-order valence-corrected chi connectivity index (χ2v) is 5.39. The van der Waals surface area contributed by atoms with E-state index in [4.69, 9.17) is 5.11 Å². The zero-order valence-corrected chi connectivity index (χ0v) is 11.8. The molecule has 0 bridgehead atoms. The molecule has 2 atom stereocenters. The first-order valence-electron chi connectivity index (χ1n) is 6.87. The summed E-state index contributed by atoms with van der Waals surface area (Å²) in [7, 11) is 0. The number of nitrogens with zero attached hydrogens (tertiary/aromatic N) is 2. The number of imidazole rings is 1. The second-order valence-electron chi connectivity index (χ2n) is 5.39. The van der Waals surface area contributed by atoms with E-state index in [1.165, 1.54) is 4.40 Å². The van der Waals surface area contributed by atoms with Gasteiger partial charge in [0.1, 0.15) is 11.7 Å². The van der Waals surface area contributed by atoms with E-state index < -0.39 is 23.9 Å². The monoisotopic (exact) mass is 306 g/mol. The van der Waals surface area contributed by atoms with Crippen LogP contribution in [0.25, 0.3) is 5.65 Å². The molecule has 2 aromatic rings. The van der Waals surface area contributed by atoms with Gasteiger partial charge in [-0.2, -0.15) is 4.39 Å². The van der Waals surface area contributed by atoms with Crippen LogP contribution in [0.5, 0.6) is 0 Å². The van der Waals surface area contributed by atoms with Gasteiger partial charge in [0.2, 0.25) is 5.95 Å².